The first-order valence-electron chi connectivity index (χ1n) is 6.00. The van der Waals surface area contributed by atoms with Crippen LogP contribution >= 0.6 is 27.3 Å². The second kappa shape index (κ2) is 5.38. The summed E-state index contributed by atoms with van der Waals surface area (Å²) >= 11 is 4.93. The normalized spacial score (nSPS) is 10.9. The van der Waals surface area contributed by atoms with Crippen LogP contribution in [-0.4, -0.2) is 10.9 Å². The van der Waals surface area contributed by atoms with E-state index in [0.717, 1.165) is 20.4 Å². The largest absolute Gasteiger partial charge is 0.467 e. The fourth-order valence-electron chi connectivity index (χ4n) is 1.87. The second-order valence-electron chi connectivity index (χ2n) is 4.29. The molecule has 0 unspecified atom stereocenters. The van der Waals surface area contributed by atoms with E-state index in [4.69, 9.17) is 4.42 Å². The highest BCUT2D eigenvalue weighted by Gasteiger charge is 2.18. The summed E-state index contributed by atoms with van der Waals surface area (Å²) in [7, 11) is 0. The van der Waals surface area contributed by atoms with E-state index >= 15 is 0 Å². The van der Waals surface area contributed by atoms with Crippen molar-refractivity contribution in [3.8, 4) is 0 Å². The lowest BCUT2D eigenvalue weighted by Gasteiger charge is -2.15. The van der Waals surface area contributed by atoms with E-state index in [-0.39, 0.29) is 5.91 Å². The van der Waals surface area contributed by atoms with Crippen molar-refractivity contribution in [2.45, 2.75) is 13.5 Å². The summed E-state index contributed by atoms with van der Waals surface area (Å²) in [6.45, 7) is 1.92. The van der Waals surface area contributed by atoms with Crippen molar-refractivity contribution >= 4 is 48.5 Å². The third kappa shape index (κ3) is 2.62. The molecule has 0 saturated carbocycles. The Morgan fingerprint density at radius 1 is 1.45 bits per heavy atom. The molecule has 3 aromatic rings. The molecular weight excluding hydrogens is 340 g/mol. The lowest BCUT2D eigenvalue weighted by molar-refractivity contribution is -0.116. The highest BCUT2D eigenvalue weighted by molar-refractivity contribution is 9.10. The SMILES string of the molecule is CC(=O)N(Cc1ccco1)c1nc2ccc(Br)cc2s1. The molecule has 0 fully saturated rings. The van der Waals surface area contributed by atoms with Crippen LogP contribution in [-0.2, 0) is 11.3 Å². The molecule has 2 heterocycles. The Labute approximate surface area is 128 Å². The molecule has 6 heteroatoms. The molecule has 0 atom stereocenters. The van der Waals surface area contributed by atoms with Gasteiger partial charge in [0.15, 0.2) is 5.13 Å². The van der Waals surface area contributed by atoms with Gasteiger partial charge in [-0.3, -0.25) is 9.69 Å². The molecular formula is C14H11BrN2O2S. The predicted octanol–water partition coefficient (Wildman–Crippen LogP) is 4.20. The quantitative estimate of drug-likeness (QED) is 0.710. The molecule has 0 saturated heterocycles. The number of carbonyl (C=O) groups is 1. The van der Waals surface area contributed by atoms with Crippen LogP contribution in [0.4, 0.5) is 5.13 Å². The van der Waals surface area contributed by atoms with Gasteiger partial charge >= 0.3 is 0 Å². The third-order valence-corrected chi connectivity index (χ3v) is 4.38. The number of hydrogen-bond acceptors (Lipinski definition) is 4. The summed E-state index contributed by atoms with van der Waals surface area (Å²) in [5.41, 5.74) is 0.888. The van der Waals surface area contributed by atoms with E-state index in [1.165, 1.54) is 18.3 Å². The molecule has 1 amide bonds. The molecule has 102 valence electrons. The Kier molecular flexibility index (Phi) is 3.58. The van der Waals surface area contributed by atoms with Crippen LogP contribution in [0.1, 0.15) is 12.7 Å². The molecule has 4 nitrogen and oxygen atoms in total. The summed E-state index contributed by atoms with van der Waals surface area (Å²) in [5, 5.41) is 0.682. The summed E-state index contributed by atoms with van der Waals surface area (Å²) in [6.07, 6.45) is 1.60. The van der Waals surface area contributed by atoms with E-state index < -0.39 is 0 Å². The first-order valence-corrected chi connectivity index (χ1v) is 7.61. The predicted molar refractivity (Wildman–Crippen MR) is 82.9 cm³/mol. The molecule has 1 aromatic carbocycles. The van der Waals surface area contributed by atoms with Gasteiger partial charge in [-0.15, -0.1) is 0 Å². The fraction of sp³-hybridized carbons (Fsp3) is 0.143. The average molecular weight is 351 g/mol. The molecule has 0 spiro atoms. The van der Waals surface area contributed by atoms with E-state index in [1.807, 2.05) is 30.3 Å². The van der Waals surface area contributed by atoms with Gasteiger partial charge in [0.1, 0.15) is 5.76 Å². The van der Waals surface area contributed by atoms with Crippen LogP contribution in [0.3, 0.4) is 0 Å². The summed E-state index contributed by atoms with van der Waals surface area (Å²) < 4.78 is 7.35. The van der Waals surface area contributed by atoms with Crippen LogP contribution in [0.15, 0.2) is 45.5 Å². The van der Waals surface area contributed by atoms with Crippen LogP contribution in [0.25, 0.3) is 10.2 Å². The maximum Gasteiger partial charge on any atom is 0.226 e. The number of amides is 1. The van der Waals surface area contributed by atoms with Crippen molar-refractivity contribution in [2.24, 2.45) is 0 Å². The van der Waals surface area contributed by atoms with Gasteiger partial charge in [0.25, 0.3) is 0 Å². The second-order valence-corrected chi connectivity index (χ2v) is 6.22. The number of furan rings is 1. The summed E-state index contributed by atoms with van der Waals surface area (Å²) in [4.78, 5) is 18.0. The van der Waals surface area contributed by atoms with E-state index in [9.17, 15) is 4.79 Å². The zero-order chi connectivity index (χ0) is 14.1. The molecule has 0 aliphatic rings. The molecule has 0 bridgehead atoms. The summed E-state index contributed by atoms with van der Waals surface area (Å²) in [5.74, 6) is 0.681. The minimum atomic E-state index is -0.0560. The number of carbonyl (C=O) groups excluding carboxylic acids is 1. The Balaban J connectivity index is 1.98. The number of benzene rings is 1. The number of hydrogen-bond donors (Lipinski definition) is 0. The number of aromatic nitrogens is 1. The lowest BCUT2D eigenvalue weighted by atomic mass is 10.3. The zero-order valence-corrected chi connectivity index (χ0v) is 13.1. The average Bonchev–Trinajstić information content (AvgIpc) is 3.03. The summed E-state index contributed by atoms with van der Waals surface area (Å²) in [6, 6.07) is 9.53. The van der Waals surface area contributed by atoms with Gasteiger partial charge in [-0.1, -0.05) is 27.3 Å². The Bertz CT molecular complexity index is 752. The topological polar surface area (TPSA) is 46.3 Å². The number of fused-ring (bicyclic) bond motifs is 1. The fourth-order valence-corrected chi connectivity index (χ4v) is 3.43. The molecule has 2 aromatic heterocycles. The van der Waals surface area contributed by atoms with Crippen LogP contribution in [0.5, 0.6) is 0 Å². The van der Waals surface area contributed by atoms with Gasteiger partial charge in [-0.25, -0.2) is 4.98 Å². The Morgan fingerprint density at radius 2 is 2.30 bits per heavy atom. The molecule has 3 rings (SSSR count). The van der Waals surface area contributed by atoms with Gasteiger partial charge in [0, 0.05) is 11.4 Å². The number of halogens is 1. The van der Waals surface area contributed by atoms with Crippen molar-refractivity contribution in [1.29, 1.82) is 0 Å². The van der Waals surface area contributed by atoms with Gasteiger partial charge in [0.05, 0.1) is 23.0 Å². The first kappa shape index (κ1) is 13.3. The molecule has 0 N–H and O–H groups in total. The van der Waals surface area contributed by atoms with Gasteiger partial charge in [-0.2, -0.15) is 0 Å². The number of rotatable bonds is 3. The molecule has 0 aliphatic carbocycles. The number of anilines is 1. The van der Waals surface area contributed by atoms with E-state index in [0.29, 0.717) is 11.7 Å². The van der Waals surface area contributed by atoms with Crippen molar-refractivity contribution < 1.29 is 9.21 Å². The lowest BCUT2D eigenvalue weighted by Crippen LogP contribution is -2.27. The molecule has 0 radical (unpaired) electrons. The Morgan fingerprint density at radius 3 is 3.00 bits per heavy atom. The first-order chi connectivity index (χ1) is 9.63. The van der Waals surface area contributed by atoms with E-state index in [1.54, 1.807) is 11.2 Å². The van der Waals surface area contributed by atoms with Crippen LogP contribution in [0.2, 0.25) is 0 Å². The van der Waals surface area contributed by atoms with Gasteiger partial charge < -0.3 is 4.42 Å². The maximum atomic E-state index is 11.9. The van der Waals surface area contributed by atoms with Crippen LogP contribution < -0.4 is 4.90 Å². The maximum absolute atomic E-state index is 11.9. The van der Waals surface area contributed by atoms with Crippen molar-refractivity contribution in [3.63, 3.8) is 0 Å². The highest BCUT2D eigenvalue weighted by Crippen LogP contribution is 2.31. The smallest absolute Gasteiger partial charge is 0.226 e. The van der Waals surface area contributed by atoms with Gasteiger partial charge in [-0.05, 0) is 30.3 Å². The van der Waals surface area contributed by atoms with E-state index in [2.05, 4.69) is 20.9 Å². The van der Waals surface area contributed by atoms with Crippen molar-refractivity contribution in [3.05, 3.63) is 46.8 Å². The number of thiazole rings is 1. The van der Waals surface area contributed by atoms with Crippen molar-refractivity contribution in [2.75, 3.05) is 4.90 Å². The van der Waals surface area contributed by atoms with Crippen LogP contribution in [0, 0.1) is 0 Å². The Hall–Kier alpha value is -1.66. The monoisotopic (exact) mass is 350 g/mol. The minimum Gasteiger partial charge on any atom is -0.467 e. The molecule has 20 heavy (non-hydrogen) atoms. The standard InChI is InChI=1S/C14H11BrN2O2S/c1-9(18)17(8-11-3-2-6-19-11)14-16-12-5-4-10(15)7-13(12)20-14/h2-7H,8H2,1H3. The highest BCUT2D eigenvalue weighted by atomic mass is 79.9. The van der Waals surface area contributed by atoms with Gasteiger partial charge in [0.2, 0.25) is 5.91 Å². The number of nitrogens with zero attached hydrogens (tertiary/aromatic N) is 2. The minimum absolute atomic E-state index is 0.0560. The zero-order valence-electron chi connectivity index (χ0n) is 10.7. The molecule has 0 aliphatic heterocycles. The van der Waals surface area contributed by atoms with Crippen molar-refractivity contribution in [1.82, 2.24) is 4.98 Å². The third-order valence-electron chi connectivity index (χ3n) is 2.84.